The van der Waals surface area contributed by atoms with Gasteiger partial charge in [-0.2, -0.15) is 0 Å². The van der Waals surface area contributed by atoms with Gasteiger partial charge in [-0.1, -0.05) is 13.3 Å². The molecular formula is C38H62O19. The third-order valence-electron chi connectivity index (χ3n) is 15.4. The van der Waals surface area contributed by atoms with Crippen LogP contribution in [0.4, 0.5) is 0 Å². The second-order valence-electron chi connectivity index (χ2n) is 18.7. The molecule has 328 valence electrons. The molecule has 12 N–H and O–H groups in total. The Labute approximate surface area is 330 Å². The van der Waals surface area contributed by atoms with Gasteiger partial charge < -0.3 is 89.7 Å². The molecule has 2 bridgehead atoms. The minimum atomic E-state index is -1.98. The average Bonchev–Trinajstić information content (AvgIpc) is 3.31. The zero-order chi connectivity index (χ0) is 41.6. The lowest BCUT2D eigenvalue weighted by molar-refractivity contribution is -0.388. The van der Waals surface area contributed by atoms with Gasteiger partial charge in [0.05, 0.1) is 36.4 Å². The van der Waals surface area contributed by atoms with Gasteiger partial charge in [0, 0.05) is 0 Å². The van der Waals surface area contributed by atoms with E-state index < -0.39 is 135 Å². The minimum Gasteiger partial charge on any atom is -0.432 e. The number of hydrogen-bond donors (Lipinski definition) is 12. The summed E-state index contributed by atoms with van der Waals surface area (Å²) in [5.41, 5.74) is -4.23. The number of carbonyl (C=O) groups excluding carboxylic acids is 1. The molecule has 22 atom stereocenters. The first kappa shape index (κ1) is 43.9. The number of ether oxygens (including phenoxy) is 6. The maximum atomic E-state index is 14.8. The van der Waals surface area contributed by atoms with Crippen molar-refractivity contribution in [2.75, 3.05) is 19.8 Å². The number of aliphatic hydroxyl groups is 12. The van der Waals surface area contributed by atoms with Crippen molar-refractivity contribution in [2.24, 2.45) is 28.1 Å². The van der Waals surface area contributed by atoms with E-state index in [4.69, 9.17) is 28.4 Å². The molecule has 4 aliphatic carbocycles. The third-order valence-corrected chi connectivity index (χ3v) is 15.4. The van der Waals surface area contributed by atoms with Gasteiger partial charge in [0.1, 0.15) is 67.1 Å². The molecule has 0 aromatic rings. The molecule has 19 nitrogen and oxygen atoms in total. The zero-order valence-electron chi connectivity index (χ0n) is 32.5. The van der Waals surface area contributed by atoms with Crippen molar-refractivity contribution in [1.82, 2.24) is 0 Å². The fourth-order valence-electron chi connectivity index (χ4n) is 12.4. The summed E-state index contributed by atoms with van der Waals surface area (Å²) in [7, 11) is 0. The van der Waals surface area contributed by atoms with Gasteiger partial charge in [0.15, 0.2) is 18.7 Å². The highest BCUT2D eigenvalue weighted by Crippen LogP contribution is 2.73. The first-order valence-electron chi connectivity index (χ1n) is 20.2. The van der Waals surface area contributed by atoms with E-state index in [1.807, 2.05) is 6.92 Å². The average molecular weight is 823 g/mol. The van der Waals surface area contributed by atoms with Crippen molar-refractivity contribution < 1.29 is 94.5 Å². The summed E-state index contributed by atoms with van der Waals surface area (Å²) in [6, 6.07) is 0. The monoisotopic (exact) mass is 822 g/mol. The fraction of sp³-hybridized carbons (Fsp3) is 0.974. The Kier molecular flexibility index (Phi) is 12.0. The van der Waals surface area contributed by atoms with E-state index in [1.54, 1.807) is 6.92 Å². The van der Waals surface area contributed by atoms with Gasteiger partial charge in [0.25, 0.3) is 0 Å². The highest BCUT2D eigenvalue weighted by atomic mass is 16.8. The van der Waals surface area contributed by atoms with Crippen LogP contribution in [0.5, 0.6) is 0 Å². The van der Waals surface area contributed by atoms with Crippen molar-refractivity contribution in [3.63, 3.8) is 0 Å². The number of rotatable bonds is 9. The molecule has 4 saturated carbocycles. The van der Waals surface area contributed by atoms with Gasteiger partial charge in [-0.3, -0.25) is 4.79 Å². The van der Waals surface area contributed by atoms with E-state index in [2.05, 4.69) is 6.92 Å². The van der Waals surface area contributed by atoms with Crippen LogP contribution in [0.25, 0.3) is 0 Å². The molecule has 0 radical (unpaired) electrons. The predicted octanol–water partition coefficient (Wildman–Crippen LogP) is -3.74. The van der Waals surface area contributed by atoms with Gasteiger partial charge in [-0.05, 0) is 87.9 Å². The molecule has 1 spiro atoms. The Morgan fingerprint density at radius 1 is 0.596 bits per heavy atom. The molecule has 7 rings (SSSR count). The summed E-state index contributed by atoms with van der Waals surface area (Å²) in [5, 5.41) is 128. The van der Waals surface area contributed by atoms with Gasteiger partial charge in [0.2, 0.25) is 6.29 Å². The minimum absolute atomic E-state index is 0.101. The lowest BCUT2D eigenvalue weighted by atomic mass is 9.41. The second kappa shape index (κ2) is 15.6. The van der Waals surface area contributed by atoms with E-state index in [-0.39, 0.29) is 22.7 Å². The van der Waals surface area contributed by atoms with E-state index >= 15 is 0 Å². The first-order valence-corrected chi connectivity index (χ1v) is 20.2. The zero-order valence-corrected chi connectivity index (χ0v) is 32.5. The highest BCUT2D eigenvalue weighted by Gasteiger charge is 2.72. The van der Waals surface area contributed by atoms with Crippen LogP contribution in [-0.4, -0.2) is 190 Å². The fourth-order valence-corrected chi connectivity index (χ4v) is 12.4. The SMILES string of the molecule is C[C@@]1(C(=O)OC2OC(CO)C(O)C(OC3OC(CO)C(O)C(O)C3O)C2OC2OC(CO)C(O)C(O)C2O)CCC[C@]2(C)C1CC[C@@]13C[C@@](O)(CC[C@H]12)[C@](C)(O)C3. The molecule has 0 amide bonds. The Morgan fingerprint density at radius 2 is 1.11 bits per heavy atom. The first-order chi connectivity index (χ1) is 26.7. The molecule has 16 unspecified atom stereocenters. The topological polar surface area (TPSA) is 315 Å². The molecular weight excluding hydrogens is 760 g/mol. The summed E-state index contributed by atoms with van der Waals surface area (Å²) in [6.45, 7) is 3.22. The Morgan fingerprint density at radius 3 is 1.67 bits per heavy atom. The van der Waals surface area contributed by atoms with E-state index in [1.165, 1.54) is 0 Å². The van der Waals surface area contributed by atoms with Crippen molar-refractivity contribution >= 4 is 5.97 Å². The van der Waals surface area contributed by atoms with Crippen LogP contribution in [0.3, 0.4) is 0 Å². The number of esters is 1. The summed E-state index contributed by atoms with van der Waals surface area (Å²) in [6.07, 6.45) is -21.5. The van der Waals surface area contributed by atoms with Gasteiger partial charge in [-0.25, -0.2) is 0 Å². The molecule has 0 aromatic heterocycles. The summed E-state index contributed by atoms with van der Waals surface area (Å²) in [4.78, 5) is 14.8. The predicted molar refractivity (Wildman–Crippen MR) is 188 cm³/mol. The molecule has 3 saturated heterocycles. The van der Waals surface area contributed by atoms with Crippen molar-refractivity contribution in [2.45, 2.75) is 182 Å². The lowest BCUT2D eigenvalue weighted by Crippen LogP contribution is -2.67. The lowest BCUT2D eigenvalue weighted by Gasteiger charge is -2.64. The second-order valence-corrected chi connectivity index (χ2v) is 18.7. The number of carbonyl (C=O) groups is 1. The Balaban J connectivity index is 1.20. The van der Waals surface area contributed by atoms with E-state index in [0.717, 1.165) is 6.42 Å². The van der Waals surface area contributed by atoms with Crippen LogP contribution in [0.2, 0.25) is 0 Å². The van der Waals surface area contributed by atoms with Crippen LogP contribution >= 0.6 is 0 Å². The standard InChI is InChI=1S/C38H62O19/c1-34-7-4-8-35(2,19(34)5-9-37-14-36(3,50)38(51,15-37)10-6-20(34)37)33(49)57-32-29(56-31-27(48)25(46)22(43)17(12-40)53-31)28(23(44)18(13-41)54-32)55-30-26(47)24(45)21(42)16(11-39)52-30/h16-32,39-48,50-51H,4-15H2,1-3H3/t16?,17?,18?,19?,20-,21?,22?,23?,24?,25?,26?,27?,28?,29?,30?,31?,32?,34+,35+,36+,37+,38-/m0/s1. The van der Waals surface area contributed by atoms with Crippen LogP contribution in [-0.2, 0) is 33.2 Å². The van der Waals surface area contributed by atoms with Crippen molar-refractivity contribution in [3.05, 3.63) is 0 Å². The number of fused-ring (bicyclic) bond motifs is 3. The molecule has 57 heavy (non-hydrogen) atoms. The molecule has 7 aliphatic rings. The van der Waals surface area contributed by atoms with Crippen molar-refractivity contribution in [1.29, 1.82) is 0 Å². The normalized spacial score (nSPS) is 56.4. The van der Waals surface area contributed by atoms with Gasteiger partial charge >= 0.3 is 5.97 Å². The largest absolute Gasteiger partial charge is 0.432 e. The van der Waals surface area contributed by atoms with Crippen LogP contribution in [0, 0.1) is 28.1 Å². The van der Waals surface area contributed by atoms with Crippen LogP contribution in [0.15, 0.2) is 0 Å². The number of hydrogen-bond acceptors (Lipinski definition) is 19. The van der Waals surface area contributed by atoms with E-state index in [9.17, 15) is 66.1 Å². The third kappa shape index (κ3) is 6.99. The summed E-state index contributed by atoms with van der Waals surface area (Å²) in [5.74, 6) is -0.830. The summed E-state index contributed by atoms with van der Waals surface area (Å²) < 4.78 is 35.3. The highest BCUT2D eigenvalue weighted by molar-refractivity contribution is 5.77. The maximum Gasteiger partial charge on any atom is 0.314 e. The maximum absolute atomic E-state index is 14.8. The Bertz CT molecular complexity index is 1450. The number of aliphatic hydroxyl groups excluding tert-OH is 10. The summed E-state index contributed by atoms with van der Waals surface area (Å²) >= 11 is 0. The van der Waals surface area contributed by atoms with Crippen molar-refractivity contribution in [3.8, 4) is 0 Å². The quantitative estimate of drug-likeness (QED) is 0.0995. The van der Waals surface area contributed by atoms with Crippen LogP contribution in [0.1, 0.15) is 78.6 Å². The molecule has 7 fully saturated rings. The van der Waals surface area contributed by atoms with E-state index in [0.29, 0.717) is 51.4 Å². The molecule has 3 aliphatic heterocycles. The van der Waals surface area contributed by atoms with Crippen LogP contribution < -0.4 is 0 Å². The molecule has 3 heterocycles. The molecule has 0 aromatic carbocycles. The smallest absolute Gasteiger partial charge is 0.314 e. The Hall–Kier alpha value is -1.21. The van der Waals surface area contributed by atoms with Gasteiger partial charge in [-0.15, -0.1) is 0 Å². The molecule has 19 heteroatoms.